The quantitative estimate of drug-likeness (QED) is 0.433. The maximum Gasteiger partial charge on any atom is 0.416 e. The van der Waals surface area contributed by atoms with Gasteiger partial charge < -0.3 is 9.64 Å². The van der Waals surface area contributed by atoms with Gasteiger partial charge in [-0.2, -0.15) is 26.3 Å². The molecule has 0 spiro atoms. The second kappa shape index (κ2) is 9.11. The Labute approximate surface area is 197 Å². The fourth-order valence-electron chi connectivity index (χ4n) is 5.16. The lowest BCUT2D eigenvalue weighted by Crippen LogP contribution is -2.43. The van der Waals surface area contributed by atoms with Gasteiger partial charge in [-0.3, -0.25) is 4.79 Å². The van der Waals surface area contributed by atoms with Crippen molar-refractivity contribution in [3.63, 3.8) is 0 Å². The third kappa shape index (κ3) is 5.32. The molecule has 2 heterocycles. The molecule has 2 fully saturated rings. The van der Waals surface area contributed by atoms with Crippen molar-refractivity contribution in [2.24, 2.45) is 5.92 Å². The van der Waals surface area contributed by atoms with Gasteiger partial charge in [0.05, 0.1) is 23.3 Å². The number of benzene rings is 2. The highest BCUT2D eigenvalue weighted by atomic mass is 19.4. The Morgan fingerprint density at radius 1 is 0.971 bits per heavy atom. The number of amides is 1. The molecule has 0 bridgehead atoms. The molecule has 5 atom stereocenters. The third-order valence-electron chi connectivity index (χ3n) is 6.79. The van der Waals surface area contributed by atoms with Crippen LogP contribution in [0, 0.1) is 11.7 Å². The zero-order valence-electron chi connectivity index (χ0n) is 19.0. The van der Waals surface area contributed by atoms with Gasteiger partial charge in [0, 0.05) is 24.9 Å². The number of carbonyl (C=O) groups excluding carboxylic acids is 1. The molecule has 0 radical (unpaired) electrons. The van der Waals surface area contributed by atoms with Crippen LogP contribution in [0.4, 0.5) is 30.7 Å². The first-order valence-electron chi connectivity index (χ1n) is 11.2. The molecule has 2 aliphatic heterocycles. The lowest BCUT2D eigenvalue weighted by molar-refractivity contribution is -0.143. The molecule has 0 saturated carbocycles. The lowest BCUT2D eigenvalue weighted by Gasteiger charge is -2.35. The van der Waals surface area contributed by atoms with Crippen LogP contribution in [0.15, 0.2) is 42.5 Å². The Bertz CT molecular complexity index is 1050. The molecule has 190 valence electrons. The highest BCUT2D eigenvalue weighted by Crippen LogP contribution is 2.44. The Hall–Kier alpha value is -2.62. The summed E-state index contributed by atoms with van der Waals surface area (Å²) in [6.45, 7) is 3.47. The number of fused-ring (bicyclic) bond motifs is 1. The van der Waals surface area contributed by atoms with Crippen molar-refractivity contribution in [3.8, 4) is 0 Å². The molecule has 4 rings (SSSR count). The number of nitrogens with zero attached hydrogens (tertiary/aromatic N) is 1. The van der Waals surface area contributed by atoms with E-state index < -0.39 is 47.4 Å². The maximum absolute atomic E-state index is 13.5. The first-order chi connectivity index (χ1) is 16.2. The standard InChI is InChI=1S/C25H24F7NO2/c1-13-7-20-23(15-3-5-19(26)6-4-15)21(12-33(20)22(34)8-13)35-14(2)16-9-17(24(27,28)29)11-18(10-16)25(30,31)32/h3-6,9-11,13-14,20-21,23H,7-8,12H2,1-2H3/t13?,14-,20+,21+,23+/m1/s1. The van der Waals surface area contributed by atoms with E-state index in [1.807, 2.05) is 6.92 Å². The molecule has 1 unspecified atom stereocenters. The van der Waals surface area contributed by atoms with Crippen LogP contribution >= 0.6 is 0 Å². The van der Waals surface area contributed by atoms with Crippen LogP contribution in [-0.2, 0) is 21.9 Å². The van der Waals surface area contributed by atoms with Gasteiger partial charge >= 0.3 is 12.4 Å². The van der Waals surface area contributed by atoms with Crippen LogP contribution in [0.5, 0.6) is 0 Å². The van der Waals surface area contributed by atoms with Gasteiger partial charge in [-0.15, -0.1) is 0 Å². The first-order valence-corrected chi connectivity index (χ1v) is 11.2. The second-order valence-corrected chi connectivity index (χ2v) is 9.39. The number of ether oxygens (including phenoxy) is 1. The predicted octanol–water partition coefficient (Wildman–Crippen LogP) is 6.73. The topological polar surface area (TPSA) is 29.5 Å². The maximum atomic E-state index is 13.5. The lowest BCUT2D eigenvalue weighted by atomic mass is 9.82. The van der Waals surface area contributed by atoms with E-state index >= 15 is 0 Å². The Kier molecular flexibility index (Phi) is 6.63. The fraction of sp³-hybridized carbons (Fsp3) is 0.480. The summed E-state index contributed by atoms with van der Waals surface area (Å²) >= 11 is 0. The summed E-state index contributed by atoms with van der Waals surface area (Å²) in [7, 11) is 0. The highest BCUT2D eigenvalue weighted by molar-refractivity contribution is 5.78. The van der Waals surface area contributed by atoms with Crippen molar-refractivity contribution in [2.45, 2.75) is 63.2 Å². The van der Waals surface area contributed by atoms with Crippen LogP contribution in [0.2, 0.25) is 0 Å². The van der Waals surface area contributed by atoms with Gasteiger partial charge in [0.25, 0.3) is 0 Å². The molecule has 1 amide bonds. The van der Waals surface area contributed by atoms with E-state index in [0.29, 0.717) is 30.5 Å². The van der Waals surface area contributed by atoms with Gasteiger partial charge in [0.15, 0.2) is 0 Å². The number of hydrogen-bond acceptors (Lipinski definition) is 2. The molecule has 2 saturated heterocycles. The van der Waals surface area contributed by atoms with Crippen LogP contribution in [0.25, 0.3) is 0 Å². The number of rotatable bonds is 4. The molecule has 2 aliphatic rings. The van der Waals surface area contributed by atoms with E-state index in [1.165, 1.54) is 19.1 Å². The molecule has 10 heteroatoms. The predicted molar refractivity (Wildman–Crippen MR) is 113 cm³/mol. The molecule has 0 N–H and O–H groups in total. The summed E-state index contributed by atoms with van der Waals surface area (Å²) in [5, 5.41) is 0. The number of alkyl halides is 6. The molecular formula is C25H24F7NO2. The summed E-state index contributed by atoms with van der Waals surface area (Å²) < 4.78 is 99.5. The van der Waals surface area contributed by atoms with E-state index in [2.05, 4.69) is 0 Å². The van der Waals surface area contributed by atoms with Crippen molar-refractivity contribution in [1.82, 2.24) is 4.90 Å². The largest absolute Gasteiger partial charge is 0.416 e. The number of halogens is 7. The van der Waals surface area contributed by atoms with Crippen LogP contribution in [-0.4, -0.2) is 29.5 Å². The van der Waals surface area contributed by atoms with E-state index in [1.54, 1.807) is 17.0 Å². The Balaban J connectivity index is 1.68. The molecule has 0 aliphatic carbocycles. The second-order valence-electron chi connectivity index (χ2n) is 9.39. The average molecular weight is 503 g/mol. The SMILES string of the molecule is CC1CC(=O)N2C[C@H](O[C@H](C)c3cc(C(F)(F)F)cc(C(F)(F)F)c3)[C@@H](c3ccc(F)cc3)[C@@H]2C1. The minimum Gasteiger partial charge on any atom is -0.368 e. The molecule has 3 nitrogen and oxygen atoms in total. The monoisotopic (exact) mass is 503 g/mol. The number of piperidine rings is 1. The zero-order chi connectivity index (χ0) is 25.7. The minimum atomic E-state index is -4.97. The van der Waals surface area contributed by atoms with E-state index in [9.17, 15) is 35.5 Å². The van der Waals surface area contributed by atoms with Crippen LogP contribution in [0.3, 0.4) is 0 Å². The van der Waals surface area contributed by atoms with Crippen LogP contribution in [0.1, 0.15) is 61.0 Å². The van der Waals surface area contributed by atoms with Crippen molar-refractivity contribution in [2.75, 3.05) is 6.54 Å². The van der Waals surface area contributed by atoms with Gasteiger partial charge in [-0.05, 0) is 60.7 Å². The Morgan fingerprint density at radius 2 is 1.54 bits per heavy atom. The zero-order valence-corrected chi connectivity index (χ0v) is 19.0. The normalized spacial score (nSPS) is 26.1. The summed E-state index contributed by atoms with van der Waals surface area (Å²) in [6.07, 6.45) is -10.8. The third-order valence-corrected chi connectivity index (χ3v) is 6.79. The van der Waals surface area contributed by atoms with E-state index in [0.717, 1.165) is 0 Å². The summed E-state index contributed by atoms with van der Waals surface area (Å²) in [6, 6.07) is 6.81. The average Bonchev–Trinajstić information content (AvgIpc) is 3.11. The fourth-order valence-corrected chi connectivity index (χ4v) is 5.16. The summed E-state index contributed by atoms with van der Waals surface area (Å²) in [5.74, 6) is -0.845. The van der Waals surface area contributed by atoms with E-state index in [4.69, 9.17) is 4.74 Å². The number of hydrogen-bond donors (Lipinski definition) is 0. The molecule has 2 aromatic carbocycles. The van der Waals surface area contributed by atoms with Crippen molar-refractivity contribution in [1.29, 1.82) is 0 Å². The molecule has 35 heavy (non-hydrogen) atoms. The smallest absolute Gasteiger partial charge is 0.368 e. The van der Waals surface area contributed by atoms with E-state index in [-0.39, 0.29) is 36.0 Å². The minimum absolute atomic E-state index is 0.0768. The molecular weight excluding hydrogens is 479 g/mol. The van der Waals surface area contributed by atoms with Gasteiger partial charge in [-0.1, -0.05) is 19.1 Å². The summed E-state index contributed by atoms with van der Waals surface area (Å²) in [5.41, 5.74) is -2.41. The van der Waals surface area contributed by atoms with Gasteiger partial charge in [-0.25, -0.2) is 4.39 Å². The van der Waals surface area contributed by atoms with Crippen molar-refractivity contribution >= 4 is 5.91 Å². The van der Waals surface area contributed by atoms with Crippen molar-refractivity contribution < 1.29 is 40.3 Å². The molecule has 0 aromatic heterocycles. The summed E-state index contributed by atoms with van der Waals surface area (Å²) in [4.78, 5) is 14.4. The Morgan fingerprint density at radius 3 is 2.09 bits per heavy atom. The molecule has 2 aromatic rings. The number of carbonyl (C=O) groups is 1. The van der Waals surface area contributed by atoms with Crippen molar-refractivity contribution in [3.05, 3.63) is 70.5 Å². The van der Waals surface area contributed by atoms with Crippen LogP contribution < -0.4 is 0 Å². The first kappa shape index (κ1) is 25.5. The van der Waals surface area contributed by atoms with Gasteiger partial charge in [0.2, 0.25) is 5.91 Å². The highest BCUT2D eigenvalue weighted by Gasteiger charge is 2.48. The van der Waals surface area contributed by atoms with Gasteiger partial charge in [0.1, 0.15) is 5.82 Å².